The number of rotatable bonds is 7. The molecule has 3 aliphatic rings. The van der Waals surface area contributed by atoms with Crippen molar-refractivity contribution in [2.75, 3.05) is 62.7 Å². The lowest BCUT2D eigenvalue weighted by Crippen LogP contribution is -2.51. The van der Waals surface area contributed by atoms with E-state index < -0.39 is 12.3 Å². The quantitative estimate of drug-likeness (QED) is 0.447. The Morgan fingerprint density at radius 3 is 2.59 bits per heavy atom. The zero-order chi connectivity index (χ0) is 28.0. The van der Waals surface area contributed by atoms with E-state index >= 15 is 0 Å². The summed E-state index contributed by atoms with van der Waals surface area (Å²) >= 11 is 0. The van der Waals surface area contributed by atoms with Crippen molar-refractivity contribution in [2.45, 2.75) is 37.6 Å². The molecule has 41 heavy (non-hydrogen) atoms. The Labute approximate surface area is 239 Å². The summed E-state index contributed by atoms with van der Waals surface area (Å²) in [6.07, 6.45) is 2.57. The van der Waals surface area contributed by atoms with E-state index in [9.17, 15) is 9.65 Å². The Morgan fingerprint density at radius 1 is 1.02 bits per heavy atom. The van der Waals surface area contributed by atoms with Crippen molar-refractivity contribution in [3.63, 3.8) is 0 Å². The van der Waals surface area contributed by atoms with Crippen LogP contribution in [0.3, 0.4) is 0 Å². The minimum absolute atomic E-state index is 0.252. The first-order valence-electron chi connectivity index (χ1n) is 14.3. The summed E-state index contributed by atoms with van der Waals surface area (Å²) in [6, 6.07) is 16.2. The molecule has 6 rings (SSSR count). The smallest absolute Gasteiger partial charge is 0.230 e. The van der Waals surface area contributed by atoms with Crippen LogP contribution < -0.4 is 20.3 Å². The second-order valence-electron chi connectivity index (χ2n) is 10.7. The zero-order valence-corrected chi connectivity index (χ0v) is 23.0. The van der Waals surface area contributed by atoms with Crippen LogP contribution in [-0.4, -0.2) is 90.7 Å². The second-order valence-corrected chi connectivity index (χ2v) is 10.7. The van der Waals surface area contributed by atoms with E-state index in [1.165, 1.54) is 12.0 Å². The fraction of sp³-hybridized carbons (Fsp3) is 0.467. The molecule has 0 unspecified atom stereocenters. The number of aromatic nitrogens is 3. The molecule has 2 aromatic carbocycles. The third kappa shape index (κ3) is 6.56. The van der Waals surface area contributed by atoms with Crippen LogP contribution in [0, 0.1) is 11.3 Å². The van der Waals surface area contributed by atoms with E-state index in [4.69, 9.17) is 9.47 Å². The van der Waals surface area contributed by atoms with E-state index in [0.717, 1.165) is 57.9 Å². The molecule has 3 aliphatic heterocycles. The highest BCUT2D eigenvalue weighted by molar-refractivity contribution is 5.64. The molecule has 1 aromatic heterocycles. The van der Waals surface area contributed by atoms with E-state index in [0.29, 0.717) is 47.7 Å². The Morgan fingerprint density at radius 2 is 1.83 bits per heavy atom. The van der Waals surface area contributed by atoms with Crippen molar-refractivity contribution < 1.29 is 13.9 Å². The number of nitrogens with one attached hydrogen (secondary N) is 2. The summed E-state index contributed by atoms with van der Waals surface area (Å²) in [5.41, 5.74) is 3.04. The molecule has 2 atom stereocenters. The lowest BCUT2D eigenvalue weighted by atomic mass is 10.1. The first-order valence-corrected chi connectivity index (χ1v) is 14.3. The molecule has 4 heterocycles. The van der Waals surface area contributed by atoms with E-state index in [2.05, 4.69) is 53.6 Å². The summed E-state index contributed by atoms with van der Waals surface area (Å²) in [4.78, 5) is 18.2. The Kier molecular flexibility index (Phi) is 8.51. The molecule has 3 fully saturated rings. The molecular formula is C30H35FN8O2. The van der Waals surface area contributed by atoms with Gasteiger partial charge >= 0.3 is 0 Å². The standard InChI is InChI=1S/C30H35FN8O2/c31-26-19-33-10-7-28(26)41-27-6-1-21(17-22(27)18-32)29-34-20-35-30(37-29)36-23-2-4-24(5-3-23)38-11-13-39(14-12-38)25-8-15-40-16-9-25/h1-6,17,20,25-26,28,33H,7-16,19H2,(H,34,35,36,37)/t26-,28-/m0/s1. The topological polar surface area (TPSA) is 111 Å². The SMILES string of the molecule is N#Cc1cc(-c2ncnc(Nc3ccc(N4CCN(C5CCOCC5)CC4)cc3)n2)ccc1O[C@H]1CCNC[C@@H]1F. The summed E-state index contributed by atoms with van der Waals surface area (Å²) in [5.74, 6) is 1.19. The molecule has 0 saturated carbocycles. The van der Waals surface area contributed by atoms with Gasteiger partial charge in [-0.25, -0.2) is 14.4 Å². The van der Waals surface area contributed by atoms with Crippen LogP contribution in [0.1, 0.15) is 24.8 Å². The van der Waals surface area contributed by atoms with Crippen LogP contribution in [0.15, 0.2) is 48.8 Å². The van der Waals surface area contributed by atoms with Gasteiger partial charge in [0, 0.05) is 68.9 Å². The first kappa shape index (κ1) is 27.3. The monoisotopic (exact) mass is 558 g/mol. The number of piperazine rings is 1. The van der Waals surface area contributed by atoms with Crippen molar-refractivity contribution in [1.29, 1.82) is 5.26 Å². The largest absolute Gasteiger partial charge is 0.486 e. The van der Waals surface area contributed by atoms with Crippen LogP contribution in [0.25, 0.3) is 11.4 Å². The average Bonchev–Trinajstić information content (AvgIpc) is 3.03. The third-order valence-electron chi connectivity index (χ3n) is 8.07. The van der Waals surface area contributed by atoms with Gasteiger partial charge < -0.3 is 25.0 Å². The van der Waals surface area contributed by atoms with Crippen molar-refractivity contribution in [3.05, 3.63) is 54.4 Å². The number of alkyl halides is 1. The number of ether oxygens (including phenoxy) is 2. The van der Waals surface area contributed by atoms with Crippen molar-refractivity contribution in [3.8, 4) is 23.2 Å². The molecule has 0 radical (unpaired) electrons. The van der Waals surface area contributed by atoms with Crippen LogP contribution >= 0.6 is 0 Å². The van der Waals surface area contributed by atoms with E-state index in [1.807, 2.05) is 12.1 Å². The molecule has 214 valence electrons. The highest BCUT2D eigenvalue weighted by atomic mass is 19.1. The summed E-state index contributed by atoms with van der Waals surface area (Å²) in [6.45, 7) is 6.88. The molecule has 0 aliphatic carbocycles. The number of hydrogen-bond acceptors (Lipinski definition) is 10. The van der Waals surface area contributed by atoms with Gasteiger partial charge in [-0.3, -0.25) is 4.90 Å². The van der Waals surface area contributed by atoms with Crippen LogP contribution in [0.4, 0.5) is 21.7 Å². The maximum absolute atomic E-state index is 14.2. The Hall–Kier alpha value is -3.85. The minimum atomic E-state index is -1.12. The summed E-state index contributed by atoms with van der Waals surface area (Å²) in [7, 11) is 0. The first-order chi connectivity index (χ1) is 20.2. The predicted octanol–water partition coefficient (Wildman–Crippen LogP) is 3.53. The van der Waals surface area contributed by atoms with Crippen LogP contribution in [0.2, 0.25) is 0 Å². The van der Waals surface area contributed by atoms with Gasteiger partial charge in [-0.15, -0.1) is 0 Å². The van der Waals surface area contributed by atoms with Gasteiger partial charge in [0.05, 0.1) is 5.56 Å². The molecular weight excluding hydrogens is 523 g/mol. The van der Waals surface area contributed by atoms with Crippen LogP contribution in [0.5, 0.6) is 5.75 Å². The molecule has 2 N–H and O–H groups in total. The number of benzene rings is 2. The van der Waals surface area contributed by atoms with Gasteiger partial charge in [0.25, 0.3) is 0 Å². The lowest BCUT2D eigenvalue weighted by Gasteiger charge is -2.41. The maximum Gasteiger partial charge on any atom is 0.230 e. The predicted molar refractivity (Wildman–Crippen MR) is 154 cm³/mol. The van der Waals surface area contributed by atoms with E-state index in [-0.39, 0.29) is 6.54 Å². The second kappa shape index (κ2) is 12.8. The Bertz CT molecular complexity index is 1350. The highest BCUT2D eigenvalue weighted by Gasteiger charge is 2.27. The number of anilines is 3. The lowest BCUT2D eigenvalue weighted by molar-refractivity contribution is 0.0321. The van der Waals surface area contributed by atoms with E-state index in [1.54, 1.807) is 18.2 Å². The minimum Gasteiger partial charge on any atom is -0.486 e. The normalized spacial score (nSPS) is 22.2. The number of nitriles is 1. The molecule has 0 amide bonds. The fourth-order valence-electron chi connectivity index (χ4n) is 5.73. The number of halogens is 1. The van der Waals surface area contributed by atoms with Gasteiger partial charge in [-0.1, -0.05) is 0 Å². The summed E-state index contributed by atoms with van der Waals surface area (Å²) in [5, 5.41) is 16.0. The maximum atomic E-state index is 14.2. The molecule has 3 saturated heterocycles. The third-order valence-corrected chi connectivity index (χ3v) is 8.07. The molecule has 0 bridgehead atoms. The number of piperidine rings is 1. The zero-order valence-electron chi connectivity index (χ0n) is 23.0. The van der Waals surface area contributed by atoms with Gasteiger partial charge in [0.2, 0.25) is 5.95 Å². The van der Waals surface area contributed by atoms with Gasteiger partial charge in [0.1, 0.15) is 30.4 Å². The average molecular weight is 559 g/mol. The summed E-state index contributed by atoms with van der Waals surface area (Å²) < 4.78 is 25.6. The van der Waals surface area contributed by atoms with Crippen molar-refractivity contribution in [1.82, 2.24) is 25.2 Å². The van der Waals surface area contributed by atoms with Crippen molar-refractivity contribution >= 4 is 17.3 Å². The molecule has 3 aromatic rings. The Balaban J connectivity index is 1.08. The van der Waals surface area contributed by atoms with Crippen LogP contribution in [-0.2, 0) is 4.74 Å². The van der Waals surface area contributed by atoms with Crippen molar-refractivity contribution in [2.24, 2.45) is 0 Å². The van der Waals surface area contributed by atoms with Gasteiger partial charge in [-0.05, 0) is 68.3 Å². The highest BCUT2D eigenvalue weighted by Crippen LogP contribution is 2.28. The molecule has 0 spiro atoms. The molecule has 11 heteroatoms. The number of hydrogen-bond donors (Lipinski definition) is 2. The molecule has 10 nitrogen and oxygen atoms in total. The van der Waals surface area contributed by atoms with Gasteiger partial charge in [0.15, 0.2) is 5.82 Å². The number of nitrogens with zero attached hydrogens (tertiary/aromatic N) is 6. The van der Waals surface area contributed by atoms with Gasteiger partial charge in [-0.2, -0.15) is 10.2 Å². The fourth-order valence-corrected chi connectivity index (χ4v) is 5.73.